The van der Waals surface area contributed by atoms with Crippen LogP contribution in [0.3, 0.4) is 0 Å². The molecule has 1 amide bonds. The predicted molar refractivity (Wildman–Crippen MR) is 88.7 cm³/mol. The first kappa shape index (κ1) is 13.8. The van der Waals surface area contributed by atoms with Crippen molar-refractivity contribution < 1.29 is 13.6 Å². The Labute approximate surface area is 137 Å². The van der Waals surface area contributed by atoms with E-state index in [1.165, 1.54) is 0 Å². The zero-order valence-electron chi connectivity index (χ0n) is 11.6. The molecular weight excluding hydrogens is 364 g/mol. The fourth-order valence-corrected chi connectivity index (χ4v) is 2.68. The van der Waals surface area contributed by atoms with Gasteiger partial charge in [-0.15, -0.1) is 0 Å². The molecule has 0 atom stereocenters. The SMILES string of the molecule is O=C(Nc1ccc2oc(=O)[nH]c2c1)c1cc2ccc(Br)cc2o1. The average molecular weight is 373 g/mol. The molecule has 0 unspecified atom stereocenters. The van der Waals surface area contributed by atoms with Crippen LogP contribution < -0.4 is 11.1 Å². The molecule has 4 rings (SSSR count). The molecular formula is C16H9BrN2O4. The Bertz CT molecular complexity index is 1110. The molecule has 0 spiro atoms. The summed E-state index contributed by atoms with van der Waals surface area (Å²) in [6.45, 7) is 0. The lowest BCUT2D eigenvalue weighted by molar-refractivity contribution is 0.0998. The molecule has 6 nitrogen and oxygen atoms in total. The molecule has 0 aliphatic carbocycles. The summed E-state index contributed by atoms with van der Waals surface area (Å²) in [4.78, 5) is 26.0. The van der Waals surface area contributed by atoms with Gasteiger partial charge in [-0.2, -0.15) is 0 Å². The van der Waals surface area contributed by atoms with E-state index >= 15 is 0 Å². The predicted octanol–water partition coefficient (Wildman–Crippen LogP) is 3.88. The number of carbonyl (C=O) groups excluding carboxylic acids is 1. The molecule has 7 heteroatoms. The lowest BCUT2D eigenvalue weighted by Gasteiger charge is -2.02. The Kier molecular flexibility index (Phi) is 3.09. The maximum Gasteiger partial charge on any atom is 0.417 e. The lowest BCUT2D eigenvalue weighted by Crippen LogP contribution is -2.10. The number of nitrogens with one attached hydrogen (secondary N) is 2. The van der Waals surface area contributed by atoms with Crippen molar-refractivity contribution in [1.29, 1.82) is 0 Å². The third-order valence-corrected chi connectivity index (χ3v) is 3.88. The van der Waals surface area contributed by atoms with Crippen LogP contribution in [-0.4, -0.2) is 10.9 Å². The van der Waals surface area contributed by atoms with Gasteiger partial charge in [0.2, 0.25) is 0 Å². The number of benzene rings is 2. The Balaban J connectivity index is 1.65. The van der Waals surface area contributed by atoms with Crippen LogP contribution in [0.1, 0.15) is 10.6 Å². The fraction of sp³-hybridized carbons (Fsp3) is 0. The van der Waals surface area contributed by atoms with Gasteiger partial charge >= 0.3 is 5.76 Å². The largest absolute Gasteiger partial charge is 0.451 e. The van der Waals surface area contributed by atoms with Gasteiger partial charge in [0.25, 0.3) is 5.91 Å². The summed E-state index contributed by atoms with van der Waals surface area (Å²) in [7, 11) is 0. The van der Waals surface area contributed by atoms with Crippen molar-refractivity contribution >= 4 is 49.6 Å². The van der Waals surface area contributed by atoms with Crippen molar-refractivity contribution in [2.24, 2.45) is 0 Å². The normalized spacial score (nSPS) is 11.2. The fourth-order valence-electron chi connectivity index (χ4n) is 2.34. The van der Waals surface area contributed by atoms with Gasteiger partial charge in [0.15, 0.2) is 11.3 Å². The molecule has 0 radical (unpaired) electrons. The number of furan rings is 1. The zero-order chi connectivity index (χ0) is 16.0. The van der Waals surface area contributed by atoms with Crippen molar-refractivity contribution in [3.63, 3.8) is 0 Å². The summed E-state index contributed by atoms with van der Waals surface area (Å²) in [6.07, 6.45) is 0. The van der Waals surface area contributed by atoms with Crippen LogP contribution in [0.4, 0.5) is 5.69 Å². The number of anilines is 1. The Morgan fingerprint density at radius 3 is 2.78 bits per heavy atom. The van der Waals surface area contributed by atoms with Crippen LogP contribution in [0.25, 0.3) is 22.1 Å². The molecule has 0 bridgehead atoms. The zero-order valence-corrected chi connectivity index (χ0v) is 13.1. The molecule has 114 valence electrons. The number of hydrogen-bond donors (Lipinski definition) is 2. The van der Waals surface area contributed by atoms with E-state index in [1.807, 2.05) is 12.1 Å². The van der Waals surface area contributed by atoms with Crippen molar-refractivity contribution in [3.05, 3.63) is 63.2 Å². The molecule has 2 aromatic carbocycles. The molecule has 0 saturated carbocycles. The third kappa shape index (κ3) is 2.55. The number of oxazole rings is 1. The smallest absolute Gasteiger partial charge is 0.417 e. The van der Waals surface area contributed by atoms with E-state index in [1.54, 1.807) is 30.3 Å². The van der Waals surface area contributed by atoms with Crippen LogP contribution in [0.15, 0.2) is 60.6 Å². The second-order valence-corrected chi connectivity index (χ2v) is 5.89. The molecule has 0 aliphatic rings. The minimum Gasteiger partial charge on any atom is -0.451 e. The number of rotatable bonds is 2. The summed E-state index contributed by atoms with van der Waals surface area (Å²) in [5.74, 6) is -0.701. The second-order valence-electron chi connectivity index (χ2n) is 4.97. The van der Waals surface area contributed by atoms with Gasteiger partial charge in [-0.3, -0.25) is 9.78 Å². The molecule has 4 aromatic rings. The first-order valence-electron chi connectivity index (χ1n) is 6.72. The molecule has 2 aromatic heterocycles. The number of H-pyrrole nitrogens is 1. The maximum atomic E-state index is 12.3. The van der Waals surface area contributed by atoms with E-state index in [2.05, 4.69) is 26.2 Å². The molecule has 0 saturated heterocycles. The molecule has 2 heterocycles. The van der Waals surface area contributed by atoms with Gasteiger partial charge in [-0.05, 0) is 42.5 Å². The van der Waals surface area contributed by atoms with Crippen molar-refractivity contribution in [2.45, 2.75) is 0 Å². The Morgan fingerprint density at radius 1 is 1.04 bits per heavy atom. The minimum absolute atomic E-state index is 0.207. The summed E-state index contributed by atoms with van der Waals surface area (Å²) in [5.41, 5.74) is 2.10. The highest BCUT2D eigenvalue weighted by atomic mass is 79.9. The van der Waals surface area contributed by atoms with E-state index in [9.17, 15) is 9.59 Å². The van der Waals surface area contributed by atoms with E-state index in [-0.39, 0.29) is 11.7 Å². The average Bonchev–Trinajstić information content (AvgIpc) is 3.08. The van der Waals surface area contributed by atoms with Gasteiger partial charge in [0.05, 0.1) is 5.52 Å². The summed E-state index contributed by atoms with van der Waals surface area (Å²) >= 11 is 3.36. The maximum absolute atomic E-state index is 12.3. The van der Waals surface area contributed by atoms with Crippen LogP contribution in [0.2, 0.25) is 0 Å². The number of halogens is 1. The van der Waals surface area contributed by atoms with Crippen molar-refractivity contribution in [1.82, 2.24) is 4.98 Å². The standard InChI is InChI=1S/C16H9BrN2O4/c17-9-2-1-8-5-14(22-13(8)6-9)15(20)18-10-3-4-12-11(7-10)19-16(21)23-12/h1-7H,(H,18,20)(H,19,21). The summed E-state index contributed by atoms with van der Waals surface area (Å²) < 4.78 is 11.3. The Morgan fingerprint density at radius 2 is 1.91 bits per heavy atom. The number of aromatic amines is 1. The number of fused-ring (bicyclic) bond motifs is 2. The van der Waals surface area contributed by atoms with Crippen LogP contribution in [-0.2, 0) is 0 Å². The van der Waals surface area contributed by atoms with E-state index in [0.717, 1.165) is 9.86 Å². The first-order chi connectivity index (χ1) is 11.1. The highest BCUT2D eigenvalue weighted by molar-refractivity contribution is 9.10. The molecule has 0 aliphatic heterocycles. The van der Waals surface area contributed by atoms with Gasteiger partial charge in [0.1, 0.15) is 5.58 Å². The molecule has 0 fully saturated rings. The van der Waals surface area contributed by atoms with Crippen LogP contribution in [0, 0.1) is 0 Å². The highest BCUT2D eigenvalue weighted by Gasteiger charge is 2.13. The second kappa shape index (κ2) is 5.13. The highest BCUT2D eigenvalue weighted by Crippen LogP contribution is 2.24. The van der Waals surface area contributed by atoms with Gasteiger partial charge in [-0.25, -0.2) is 4.79 Å². The first-order valence-corrected chi connectivity index (χ1v) is 7.51. The number of aromatic nitrogens is 1. The van der Waals surface area contributed by atoms with Gasteiger partial charge in [0, 0.05) is 15.5 Å². The van der Waals surface area contributed by atoms with E-state index < -0.39 is 5.76 Å². The minimum atomic E-state index is -0.536. The quantitative estimate of drug-likeness (QED) is 0.558. The number of hydrogen-bond acceptors (Lipinski definition) is 4. The Hall–Kier alpha value is -2.80. The number of carbonyl (C=O) groups is 1. The molecule has 23 heavy (non-hydrogen) atoms. The van der Waals surface area contributed by atoms with Crippen LogP contribution >= 0.6 is 15.9 Å². The summed E-state index contributed by atoms with van der Waals surface area (Å²) in [5, 5.41) is 3.57. The van der Waals surface area contributed by atoms with Gasteiger partial charge < -0.3 is 14.2 Å². The van der Waals surface area contributed by atoms with Crippen molar-refractivity contribution in [2.75, 3.05) is 5.32 Å². The van der Waals surface area contributed by atoms with E-state index in [4.69, 9.17) is 8.83 Å². The monoisotopic (exact) mass is 372 g/mol. The molecule has 2 N–H and O–H groups in total. The number of amides is 1. The topological polar surface area (TPSA) is 88.2 Å². The van der Waals surface area contributed by atoms with Gasteiger partial charge in [-0.1, -0.05) is 15.9 Å². The van der Waals surface area contributed by atoms with Crippen LogP contribution in [0.5, 0.6) is 0 Å². The lowest BCUT2D eigenvalue weighted by atomic mass is 10.2. The summed E-state index contributed by atoms with van der Waals surface area (Å²) in [6, 6.07) is 12.1. The van der Waals surface area contributed by atoms with Crippen molar-refractivity contribution in [3.8, 4) is 0 Å². The van der Waals surface area contributed by atoms with E-state index in [0.29, 0.717) is 22.4 Å². The third-order valence-electron chi connectivity index (χ3n) is 3.38.